The van der Waals surface area contributed by atoms with Gasteiger partial charge >= 0.3 is 0 Å². The molecule has 8 heteroatoms. The van der Waals surface area contributed by atoms with Crippen molar-refractivity contribution >= 4 is 44.6 Å². The maximum Gasteiger partial charge on any atom is 0.181 e. The van der Waals surface area contributed by atoms with Crippen molar-refractivity contribution < 1.29 is 0 Å². The third-order valence-electron chi connectivity index (χ3n) is 5.06. The summed E-state index contributed by atoms with van der Waals surface area (Å²) in [5, 5.41) is 11.2. The standard InChI is InChI=1S/C21H23BrN6S/c1-14-13-17(22)5-8-19(14)27-9-11-28(12-10-27)21(29)24-18-6-3-16(4-7-18)20-23-15(2)25-26-20/h3-8,13H,9-12H2,1-2H3,(H,24,29)(H,23,25,26). The molecule has 0 atom stereocenters. The van der Waals surface area contributed by atoms with Crippen molar-refractivity contribution in [1.29, 1.82) is 0 Å². The highest BCUT2D eigenvalue weighted by atomic mass is 79.9. The van der Waals surface area contributed by atoms with Crippen LogP contribution in [0.1, 0.15) is 11.4 Å². The van der Waals surface area contributed by atoms with Gasteiger partial charge in [0, 0.05) is 47.6 Å². The van der Waals surface area contributed by atoms with Crippen LogP contribution < -0.4 is 10.2 Å². The van der Waals surface area contributed by atoms with Crippen molar-refractivity contribution in [2.75, 3.05) is 36.4 Å². The lowest BCUT2D eigenvalue weighted by molar-refractivity contribution is 0.390. The fraction of sp³-hybridized carbons (Fsp3) is 0.286. The van der Waals surface area contributed by atoms with Crippen LogP contribution in [0.5, 0.6) is 0 Å². The van der Waals surface area contributed by atoms with Gasteiger partial charge in [-0.05, 0) is 74.1 Å². The molecule has 1 saturated heterocycles. The van der Waals surface area contributed by atoms with Crippen LogP contribution in [0.25, 0.3) is 11.4 Å². The number of thiocarbonyl (C=S) groups is 1. The second-order valence-corrected chi connectivity index (χ2v) is 8.46. The third-order valence-corrected chi connectivity index (χ3v) is 5.91. The largest absolute Gasteiger partial charge is 0.368 e. The van der Waals surface area contributed by atoms with Crippen LogP contribution in [0, 0.1) is 13.8 Å². The number of nitrogens with one attached hydrogen (secondary N) is 2. The van der Waals surface area contributed by atoms with E-state index in [1.54, 1.807) is 0 Å². The molecule has 1 fully saturated rings. The van der Waals surface area contributed by atoms with Crippen molar-refractivity contribution in [1.82, 2.24) is 20.1 Å². The molecule has 2 heterocycles. The zero-order valence-corrected chi connectivity index (χ0v) is 18.8. The highest BCUT2D eigenvalue weighted by Crippen LogP contribution is 2.25. The quantitative estimate of drug-likeness (QED) is 0.554. The minimum absolute atomic E-state index is 0.705. The van der Waals surface area contributed by atoms with Gasteiger partial charge in [0.15, 0.2) is 10.9 Å². The van der Waals surface area contributed by atoms with E-state index < -0.39 is 0 Å². The predicted octanol–water partition coefficient (Wildman–Crippen LogP) is 4.37. The Morgan fingerprint density at radius 1 is 1.07 bits per heavy atom. The number of H-pyrrole nitrogens is 1. The summed E-state index contributed by atoms with van der Waals surface area (Å²) in [6.07, 6.45) is 0. The third kappa shape index (κ3) is 4.59. The molecule has 1 aliphatic heterocycles. The summed E-state index contributed by atoms with van der Waals surface area (Å²) in [6.45, 7) is 7.75. The van der Waals surface area contributed by atoms with Crippen LogP contribution in [0.2, 0.25) is 0 Å². The van der Waals surface area contributed by atoms with Crippen molar-refractivity contribution in [2.24, 2.45) is 0 Å². The van der Waals surface area contributed by atoms with Gasteiger partial charge in [-0.3, -0.25) is 5.10 Å². The highest BCUT2D eigenvalue weighted by Gasteiger charge is 2.20. The number of aryl methyl sites for hydroxylation is 2. The van der Waals surface area contributed by atoms with E-state index in [-0.39, 0.29) is 0 Å². The van der Waals surface area contributed by atoms with Gasteiger partial charge in [-0.2, -0.15) is 5.10 Å². The van der Waals surface area contributed by atoms with Crippen molar-refractivity contribution in [3.8, 4) is 11.4 Å². The van der Waals surface area contributed by atoms with Gasteiger partial charge in [0.1, 0.15) is 5.82 Å². The minimum atomic E-state index is 0.705. The van der Waals surface area contributed by atoms with Crippen LogP contribution >= 0.6 is 28.1 Å². The zero-order chi connectivity index (χ0) is 20.4. The maximum absolute atomic E-state index is 5.64. The summed E-state index contributed by atoms with van der Waals surface area (Å²) < 4.78 is 1.12. The second-order valence-electron chi connectivity index (χ2n) is 7.16. The lowest BCUT2D eigenvalue weighted by atomic mass is 10.1. The smallest absolute Gasteiger partial charge is 0.181 e. The number of hydrogen-bond donors (Lipinski definition) is 2. The van der Waals surface area contributed by atoms with E-state index >= 15 is 0 Å². The number of piperazine rings is 1. The Labute approximate surface area is 184 Å². The monoisotopic (exact) mass is 470 g/mol. The summed E-state index contributed by atoms with van der Waals surface area (Å²) in [5.74, 6) is 1.51. The van der Waals surface area contributed by atoms with Crippen molar-refractivity contribution in [3.63, 3.8) is 0 Å². The molecule has 0 radical (unpaired) electrons. The van der Waals surface area contributed by atoms with E-state index in [1.165, 1.54) is 11.3 Å². The molecule has 1 aliphatic rings. The Balaban J connectivity index is 1.34. The maximum atomic E-state index is 5.64. The summed E-state index contributed by atoms with van der Waals surface area (Å²) in [7, 11) is 0. The molecular formula is C21H23BrN6S. The van der Waals surface area contributed by atoms with Gasteiger partial charge in [0.05, 0.1) is 0 Å². The van der Waals surface area contributed by atoms with Gasteiger partial charge in [0.2, 0.25) is 0 Å². The Bertz CT molecular complexity index is 1010. The zero-order valence-electron chi connectivity index (χ0n) is 16.4. The summed E-state index contributed by atoms with van der Waals surface area (Å²) in [5.41, 5.74) is 4.53. The molecule has 1 aromatic heterocycles. The van der Waals surface area contributed by atoms with Crippen LogP contribution in [0.15, 0.2) is 46.9 Å². The number of rotatable bonds is 3. The average molecular weight is 471 g/mol. The molecule has 0 spiro atoms. The van der Waals surface area contributed by atoms with Crippen molar-refractivity contribution in [3.05, 3.63) is 58.3 Å². The number of halogens is 1. The molecular weight excluding hydrogens is 448 g/mol. The molecule has 6 nitrogen and oxygen atoms in total. The van der Waals surface area contributed by atoms with Crippen molar-refractivity contribution in [2.45, 2.75) is 13.8 Å². The topological polar surface area (TPSA) is 60.1 Å². The van der Waals surface area contributed by atoms with Gasteiger partial charge in [0.25, 0.3) is 0 Å². The van der Waals surface area contributed by atoms with Crippen LogP contribution in [0.3, 0.4) is 0 Å². The first-order valence-corrected chi connectivity index (χ1v) is 10.8. The van der Waals surface area contributed by atoms with E-state index in [1.807, 2.05) is 31.2 Å². The van der Waals surface area contributed by atoms with Crippen LogP contribution in [0.4, 0.5) is 11.4 Å². The second kappa shape index (κ2) is 8.51. The first kappa shape index (κ1) is 19.8. The molecule has 150 valence electrons. The predicted molar refractivity (Wildman–Crippen MR) is 125 cm³/mol. The molecule has 0 unspecified atom stereocenters. The Hall–Kier alpha value is -2.45. The number of nitrogens with zero attached hydrogens (tertiary/aromatic N) is 4. The Morgan fingerprint density at radius 3 is 2.41 bits per heavy atom. The minimum Gasteiger partial charge on any atom is -0.368 e. The SMILES string of the molecule is Cc1nc(-c2ccc(NC(=S)N3CCN(c4ccc(Br)cc4C)CC3)cc2)n[nH]1. The number of aromatic nitrogens is 3. The fourth-order valence-electron chi connectivity index (χ4n) is 3.50. The van der Waals surface area contributed by atoms with E-state index in [9.17, 15) is 0 Å². The number of hydrogen-bond acceptors (Lipinski definition) is 4. The molecule has 3 aromatic rings. The molecule has 29 heavy (non-hydrogen) atoms. The molecule has 0 saturated carbocycles. The molecule has 0 amide bonds. The van der Waals surface area contributed by atoms with E-state index in [2.05, 4.69) is 71.4 Å². The number of benzene rings is 2. The summed E-state index contributed by atoms with van der Waals surface area (Å²) in [6, 6.07) is 14.5. The Morgan fingerprint density at radius 2 is 1.79 bits per heavy atom. The van der Waals surface area contributed by atoms with Gasteiger partial charge in [-0.15, -0.1) is 0 Å². The van der Waals surface area contributed by atoms with Crippen LogP contribution in [-0.4, -0.2) is 51.4 Å². The summed E-state index contributed by atoms with van der Waals surface area (Å²) in [4.78, 5) is 9.01. The van der Waals surface area contributed by atoms with Gasteiger partial charge in [-0.25, -0.2) is 4.98 Å². The molecule has 0 aliphatic carbocycles. The Kier molecular flexibility index (Phi) is 5.82. The molecule has 0 bridgehead atoms. The first-order chi connectivity index (χ1) is 14.0. The number of anilines is 2. The summed E-state index contributed by atoms with van der Waals surface area (Å²) >= 11 is 9.18. The van der Waals surface area contributed by atoms with E-state index in [4.69, 9.17) is 12.2 Å². The van der Waals surface area contributed by atoms with Crippen LogP contribution in [-0.2, 0) is 0 Å². The van der Waals surface area contributed by atoms with Gasteiger partial charge < -0.3 is 15.1 Å². The molecule has 4 rings (SSSR count). The lowest BCUT2D eigenvalue weighted by Gasteiger charge is -2.38. The van der Waals surface area contributed by atoms with E-state index in [0.717, 1.165) is 52.8 Å². The lowest BCUT2D eigenvalue weighted by Crippen LogP contribution is -2.50. The molecule has 2 aromatic carbocycles. The number of aromatic amines is 1. The van der Waals surface area contributed by atoms with E-state index in [0.29, 0.717) is 5.82 Å². The highest BCUT2D eigenvalue weighted by molar-refractivity contribution is 9.10. The fourth-order valence-corrected chi connectivity index (χ4v) is 4.28. The molecule has 2 N–H and O–H groups in total. The normalized spacial score (nSPS) is 14.2. The first-order valence-electron chi connectivity index (χ1n) is 9.56. The average Bonchev–Trinajstić information content (AvgIpc) is 3.15. The van der Waals surface area contributed by atoms with Gasteiger partial charge in [-0.1, -0.05) is 15.9 Å².